The first-order valence-corrected chi connectivity index (χ1v) is 22.8. The summed E-state index contributed by atoms with van der Waals surface area (Å²) in [6.07, 6.45) is 7.77. The standard InChI is InChI=1S/C51H53N9O8/c1-5-30-27-54-28(3)20-37(30)49(63)57-46-32-13-8-10-15-36-44-40(56-47(36)58-50(64)41-21-29(4)59-60(41)6-2)23-33(45(52)61)25-43(44)68-19-11-18-67-42-26-34(24-39(55-46)38(42)22-32)48(62)53-17-16-31-12-7-9-14-35(31)51(65)66/h7-10,12,14,20-26,30,36H,5-6,11,13,15-19,27H2,1-4H3,(H2,52,61)(H,53,62)(H,65,66)(H,55,57,63)(H,56,58,64)/b10-8+. The monoisotopic (exact) mass is 919 g/mol. The highest BCUT2D eigenvalue weighted by atomic mass is 16.5. The summed E-state index contributed by atoms with van der Waals surface area (Å²) in [6, 6.07) is 16.7. The Labute approximate surface area is 392 Å². The van der Waals surface area contributed by atoms with Gasteiger partial charge in [-0.1, -0.05) is 37.3 Å². The van der Waals surface area contributed by atoms with Crippen LogP contribution in [0, 0.1) is 12.8 Å². The van der Waals surface area contributed by atoms with Crippen LogP contribution in [0.15, 0.2) is 94.4 Å². The summed E-state index contributed by atoms with van der Waals surface area (Å²) in [4.78, 5) is 80.5. The van der Waals surface area contributed by atoms with Crippen molar-refractivity contribution in [2.24, 2.45) is 21.6 Å². The van der Waals surface area contributed by atoms with Crippen molar-refractivity contribution in [2.45, 2.75) is 72.3 Å². The first-order chi connectivity index (χ1) is 32.8. The van der Waals surface area contributed by atoms with Gasteiger partial charge in [-0.15, -0.1) is 0 Å². The second-order valence-corrected chi connectivity index (χ2v) is 16.9. The van der Waals surface area contributed by atoms with Crippen molar-refractivity contribution in [3.8, 4) is 11.5 Å². The number of anilines is 1. The Bertz CT molecular complexity index is 2980. The van der Waals surface area contributed by atoms with Crippen LogP contribution in [0.3, 0.4) is 0 Å². The molecule has 3 aromatic carbocycles. The minimum Gasteiger partial charge on any atom is -0.493 e. The second-order valence-electron chi connectivity index (χ2n) is 16.9. The van der Waals surface area contributed by atoms with Crippen LogP contribution < -0.4 is 31.2 Å². The number of carbonyl (C=O) groups is 5. The van der Waals surface area contributed by atoms with Gasteiger partial charge in [0.1, 0.15) is 28.8 Å². The summed E-state index contributed by atoms with van der Waals surface area (Å²) in [7, 11) is 0. The summed E-state index contributed by atoms with van der Waals surface area (Å²) in [6.45, 7) is 9.05. The highest BCUT2D eigenvalue weighted by Crippen LogP contribution is 2.44. The number of hydrogen-bond acceptors (Lipinski definition) is 11. The number of rotatable bonds is 11. The van der Waals surface area contributed by atoms with Gasteiger partial charge in [0.2, 0.25) is 5.91 Å². The third-order valence-electron chi connectivity index (χ3n) is 12.2. The molecular weight excluding hydrogens is 867 g/mol. The molecule has 0 radical (unpaired) electrons. The minimum absolute atomic E-state index is 0.0797. The molecule has 6 N–H and O–H groups in total. The maximum atomic E-state index is 14.1. The van der Waals surface area contributed by atoms with Gasteiger partial charge in [0.05, 0.1) is 41.6 Å². The minimum atomic E-state index is -1.05. The number of fused-ring (bicyclic) bond motifs is 1. The van der Waals surface area contributed by atoms with Crippen LogP contribution in [0.2, 0.25) is 0 Å². The number of carboxylic acids is 1. The third-order valence-corrected chi connectivity index (χ3v) is 12.2. The molecule has 0 saturated carbocycles. The number of allylic oxidation sites excluding steroid dienone is 3. The quantitative estimate of drug-likeness (QED) is 0.0868. The molecule has 0 spiro atoms. The number of primary amides is 1. The van der Waals surface area contributed by atoms with Crippen LogP contribution in [0.1, 0.15) is 110 Å². The Morgan fingerprint density at radius 2 is 1.68 bits per heavy atom. The number of carbonyl (C=O) groups excluding carboxylic acids is 4. The van der Waals surface area contributed by atoms with E-state index in [2.05, 4.69) is 26.0 Å². The number of pyridine rings is 1. The van der Waals surface area contributed by atoms with E-state index in [0.717, 1.165) is 5.71 Å². The molecule has 0 aliphatic carbocycles. The van der Waals surface area contributed by atoms with Gasteiger partial charge in [0, 0.05) is 65.3 Å². The number of aromatic carboxylic acids is 1. The number of amidine groups is 1. The number of benzene rings is 3. The average Bonchev–Trinajstić information content (AvgIpc) is 3.88. The lowest BCUT2D eigenvalue weighted by molar-refractivity contribution is -0.113. The number of amides is 4. The highest BCUT2D eigenvalue weighted by Gasteiger charge is 2.33. The number of dihydropyridines is 1. The maximum Gasteiger partial charge on any atom is 0.335 e. The van der Waals surface area contributed by atoms with E-state index >= 15 is 0 Å². The molecule has 17 nitrogen and oxygen atoms in total. The first kappa shape index (κ1) is 46.6. The average molecular weight is 920 g/mol. The molecule has 5 heterocycles. The number of aryl methyl sites for hydroxylation is 2. The van der Waals surface area contributed by atoms with Crippen LogP contribution in [0.5, 0.6) is 11.5 Å². The van der Waals surface area contributed by atoms with Crippen molar-refractivity contribution in [2.75, 3.05) is 31.6 Å². The zero-order chi connectivity index (χ0) is 48.1. The summed E-state index contributed by atoms with van der Waals surface area (Å²) in [5, 5.41) is 23.7. The highest BCUT2D eigenvalue weighted by molar-refractivity contribution is 6.12. The molecule has 2 aromatic heterocycles. The Balaban J connectivity index is 1.15. The van der Waals surface area contributed by atoms with Gasteiger partial charge in [0.25, 0.3) is 17.7 Å². The molecule has 2 bridgehead atoms. The molecule has 4 amide bonds. The number of carboxylic acid groups (broad SMARTS) is 1. The number of hydrogen-bond donors (Lipinski definition) is 5. The van der Waals surface area contributed by atoms with Crippen molar-refractivity contribution in [1.29, 1.82) is 0 Å². The molecule has 0 saturated heterocycles. The van der Waals surface area contributed by atoms with Crippen molar-refractivity contribution in [3.05, 3.63) is 129 Å². The Morgan fingerprint density at radius 1 is 0.897 bits per heavy atom. The van der Waals surface area contributed by atoms with Gasteiger partial charge in [0.15, 0.2) is 0 Å². The number of nitrogens with zero attached hydrogens (tertiary/aromatic N) is 5. The maximum absolute atomic E-state index is 14.1. The molecule has 3 aliphatic heterocycles. The first-order valence-electron chi connectivity index (χ1n) is 22.8. The number of aromatic nitrogens is 3. The van der Waals surface area contributed by atoms with E-state index in [1.165, 1.54) is 6.07 Å². The number of nitrogens with one attached hydrogen (secondary N) is 3. The van der Waals surface area contributed by atoms with Gasteiger partial charge >= 0.3 is 5.97 Å². The molecule has 2 atom stereocenters. The molecule has 8 rings (SSSR count). The molecule has 0 fully saturated rings. The molecule has 68 heavy (non-hydrogen) atoms. The number of aliphatic imine (C=N–C) groups is 2. The van der Waals surface area contributed by atoms with Gasteiger partial charge in [-0.05, 0) is 106 Å². The van der Waals surface area contributed by atoms with Crippen molar-refractivity contribution >= 4 is 63.6 Å². The topological polar surface area (TPSA) is 242 Å². The summed E-state index contributed by atoms with van der Waals surface area (Å²) in [5.74, 6) is -1.97. The van der Waals surface area contributed by atoms with Crippen LogP contribution in [-0.2, 0) is 24.2 Å². The van der Waals surface area contributed by atoms with Crippen LogP contribution in [0.4, 0.5) is 11.5 Å². The SMILES string of the molecule is CCC1CN=C(C)C=C1C(=O)Nc1nc2cc(C(=O)NCCc3ccccc3C(=O)O)cc3c2cc1C/C=C/CC1C(NC(=O)c2cc(C)nn2CC)=Nc2cc(C(N)=O)cc(c21)OCCCO3. The molecular formula is C51H53N9O8. The number of ether oxygens (including phenoxy) is 2. The van der Waals surface area contributed by atoms with Gasteiger partial charge < -0.3 is 36.3 Å². The molecule has 5 aromatic rings. The Kier molecular flexibility index (Phi) is 13.9. The van der Waals surface area contributed by atoms with E-state index < -0.39 is 23.7 Å². The van der Waals surface area contributed by atoms with Crippen LogP contribution >= 0.6 is 0 Å². The van der Waals surface area contributed by atoms with Gasteiger partial charge in [-0.2, -0.15) is 5.10 Å². The van der Waals surface area contributed by atoms with E-state index in [1.54, 1.807) is 59.3 Å². The molecule has 17 heteroatoms. The van der Waals surface area contributed by atoms with Crippen LogP contribution in [0.25, 0.3) is 10.9 Å². The fourth-order valence-electron chi connectivity index (χ4n) is 8.70. The zero-order valence-corrected chi connectivity index (χ0v) is 38.3. The fourth-order valence-corrected chi connectivity index (χ4v) is 8.70. The van der Waals surface area contributed by atoms with Gasteiger partial charge in [-0.3, -0.25) is 28.9 Å². The van der Waals surface area contributed by atoms with E-state index in [-0.39, 0.29) is 60.6 Å². The third kappa shape index (κ3) is 10.1. The lowest BCUT2D eigenvalue weighted by Crippen LogP contribution is -2.34. The van der Waals surface area contributed by atoms with E-state index in [1.807, 2.05) is 45.9 Å². The van der Waals surface area contributed by atoms with Crippen molar-refractivity contribution in [3.63, 3.8) is 0 Å². The lowest BCUT2D eigenvalue weighted by Gasteiger charge is -2.21. The summed E-state index contributed by atoms with van der Waals surface area (Å²) in [5.41, 5.74) is 11.6. The molecule has 3 aliphatic rings. The van der Waals surface area contributed by atoms with Crippen molar-refractivity contribution in [1.82, 2.24) is 25.4 Å². The molecule has 2 unspecified atom stereocenters. The summed E-state index contributed by atoms with van der Waals surface area (Å²) >= 11 is 0. The van der Waals surface area contributed by atoms with Crippen molar-refractivity contribution < 1.29 is 38.6 Å². The lowest BCUT2D eigenvalue weighted by atomic mass is 9.92. The Morgan fingerprint density at radius 3 is 2.44 bits per heavy atom. The largest absolute Gasteiger partial charge is 0.493 e. The predicted molar refractivity (Wildman–Crippen MR) is 258 cm³/mol. The molecule has 350 valence electrons. The zero-order valence-electron chi connectivity index (χ0n) is 38.3. The van der Waals surface area contributed by atoms with E-state index in [0.29, 0.717) is 112 Å². The normalized spacial score (nSPS) is 17.1. The number of nitrogens with two attached hydrogens (primary N) is 1. The second kappa shape index (κ2) is 20.3. The summed E-state index contributed by atoms with van der Waals surface area (Å²) < 4.78 is 14.4. The Hall–Kier alpha value is -7.95. The predicted octanol–water partition coefficient (Wildman–Crippen LogP) is 6.80. The smallest absolute Gasteiger partial charge is 0.335 e. The van der Waals surface area contributed by atoms with Gasteiger partial charge in [-0.25, -0.2) is 14.8 Å². The van der Waals surface area contributed by atoms with E-state index in [9.17, 15) is 29.1 Å². The van der Waals surface area contributed by atoms with E-state index in [4.69, 9.17) is 25.2 Å². The van der Waals surface area contributed by atoms with Crippen LogP contribution in [-0.4, -0.2) is 87.3 Å². The fraction of sp³-hybridized carbons (Fsp3) is 0.314.